The summed E-state index contributed by atoms with van der Waals surface area (Å²) >= 11 is 0. The Bertz CT molecular complexity index is 617. The Labute approximate surface area is 105 Å². The smallest absolute Gasteiger partial charge is 0.240 e. The monoisotopic (exact) mass is 240 g/mol. The van der Waals surface area contributed by atoms with E-state index >= 15 is 0 Å². The number of hydrogen-bond donors (Lipinski definition) is 0. The van der Waals surface area contributed by atoms with Crippen LogP contribution in [0, 0.1) is 6.92 Å². The summed E-state index contributed by atoms with van der Waals surface area (Å²) < 4.78 is 5.16. The molecule has 1 aromatic carbocycles. The van der Waals surface area contributed by atoms with Crippen LogP contribution in [0.15, 0.2) is 41.5 Å². The second kappa shape index (κ2) is 5.25. The van der Waals surface area contributed by atoms with Gasteiger partial charge in [0.15, 0.2) is 0 Å². The van der Waals surface area contributed by atoms with E-state index in [1.54, 1.807) is 25.5 Å². The van der Waals surface area contributed by atoms with E-state index in [4.69, 9.17) is 4.74 Å². The molecule has 2 rings (SSSR count). The number of aliphatic imine (C=N–C) groups is 1. The highest BCUT2D eigenvalue weighted by Gasteiger charge is 2.07. The third-order valence-electron chi connectivity index (χ3n) is 2.51. The van der Waals surface area contributed by atoms with Gasteiger partial charge in [-0.25, -0.2) is 4.79 Å². The largest absolute Gasteiger partial charge is 0.497 e. The third kappa shape index (κ3) is 2.44. The third-order valence-corrected chi connectivity index (χ3v) is 2.51. The van der Waals surface area contributed by atoms with Gasteiger partial charge in [-0.05, 0) is 30.7 Å². The minimum atomic E-state index is 0.512. The molecule has 0 bridgehead atoms. The highest BCUT2D eigenvalue weighted by molar-refractivity contribution is 5.74. The van der Waals surface area contributed by atoms with Gasteiger partial charge < -0.3 is 4.74 Å². The standard InChI is InChI=1S/C14H12N2O2/c1-10-6-13(16-9-17)14(15-8-10)11-4-3-5-12(7-11)18-2/h3-8H,1-2H3. The van der Waals surface area contributed by atoms with Gasteiger partial charge in [-0.15, -0.1) is 0 Å². The van der Waals surface area contributed by atoms with E-state index in [1.807, 2.05) is 31.2 Å². The van der Waals surface area contributed by atoms with Gasteiger partial charge in [0.05, 0.1) is 12.8 Å². The molecule has 90 valence electrons. The molecule has 0 N–H and O–H groups in total. The molecule has 0 spiro atoms. The quantitative estimate of drug-likeness (QED) is 0.612. The summed E-state index contributed by atoms with van der Waals surface area (Å²) in [5.41, 5.74) is 2.94. The van der Waals surface area contributed by atoms with Crippen molar-refractivity contribution in [2.75, 3.05) is 7.11 Å². The first-order chi connectivity index (χ1) is 8.74. The first kappa shape index (κ1) is 12.0. The van der Waals surface area contributed by atoms with E-state index < -0.39 is 0 Å². The minimum absolute atomic E-state index is 0.512. The number of rotatable bonds is 3. The van der Waals surface area contributed by atoms with Crippen LogP contribution in [0.3, 0.4) is 0 Å². The molecule has 0 unspecified atom stereocenters. The Hall–Kier alpha value is -2.45. The van der Waals surface area contributed by atoms with E-state index in [0.29, 0.717) is 11.4 Å². The average molecular weight is 240 g/mol. The maximum absolute atomic E-state index is 10.4. The average Bonchev–Trinajstić information content (AvgIpc) is 2.39. The molecule has 1 aromatic heterocycles. The number of methoxy groups -OCH3 is 1. The van der Waals surface area contributed by atoms with E-state index in [-0.39, 0.29) is 0 Å². The predicted molar refractivity (Wildman–Crippen MR) is 68.7 cm³/mol. The van der Waals surface area contributed by atoms with Crippen LogP contribution in [0.1, 0.15) is 5.56 Å². The highest BCUT2D eigenvalue weighted by atomic mass is 16.5. The number of aromatic nitrogens is 1. The van der Waals surface area contributed by atoms with Gasteiger partial charge in [0.1, 0.15) is 11.4 Å². The maximum Gasteiger partial charge on any atom is 0.240 e. The summed E-state index contributed by atoms with van der Waals surface area (Å²) in [5, 5.41) is 0. The van der Waals surface area contributed by atoms with Crippen molar-refractivity contribution in [3.63, 3.8) is 0 Å². The molecule has 0 atom stereocenters. The molecule has 0 aliphatic heterocycles. The molecule has 1 heterocycles. The molecule has 0 saturated heterocycles. The van der Waals surface area contributed by atoms with E-state index in [0.717, 1.165) is 16.9 Å². The number of aryl methyl sites for hydroxylation is 1. The molecule has 4 heteroatoms. The maximum atomic E-state index is 10.4. The summed E-state index contributed by atoms with van der Waals surface area (Å²) in [5.74, 6) is 0.732. The van der Waals surface area contributed by atoms with Crippen LogP contribution in [0.25, 0.3) is 11.3 Å². The summed E-state index contributed by atoms with van der Waals surface area (Å²) in [6.45, 7) is 1.90. The van der Waals surface area contributed by atoms with Crippen LogP contribution < -0.4 is 4.74 Å². The number of isocyanates is 1. The van der Waals surface area contributed by atoms with Crippen molar-refractivity contribution in [3.05, 3.63) is 42.1 Å². The number of hydrogen-bond acceptors (Lipinski definition) is 4. The Morgan fingerprint density at radius 2 is 2.17 bits per heavy atom. The van der Waals surface area contributed by atoms with Crippen molar-refractivity contribution in [3.8, 4) is 17.0 Å². The van der Waals surface area contributed by atoms with E-state index in [2.05, 4.69) is 9.98 Å². The number of nitrogens with zero attached hydrogens (tertiary/aromatic N) is 2. The van der Waals surface area contributed by atoms with Crippen molar-refractivity contribution < 1.29 is 9.53 Å². The van der Waals surface area contributed by atoms with Gasteiger partial charge >= 0.3 is 0 Å². The lowest BCUT2D eigenvalue weighted by Gasteiger charge is -2.06. The molecule has 18 heavy (non-hydrogen) atoms. The van der Waals surface area contributed by atoms with Crippen LogP contribution in [-0.2, 0) is 4.79 Å². The Kier molecular flexibility index (Phi) is 3.51. The fourth-order valence-corrected chi connectivity index (χ4v) is 1.68. The lowest BCUT2D eigenvalue weighted by molar-refractivity contribution is 0.415. The minimum Gasteiger partial charge on any atom is -0.497 e. The van der Waals surface area contributed by atoms with Crippen molar-refractivity contribution in [2.24, 2.45) is 4.99 Å². The van der Waals surface area contributed by atoms with Crippen molar-refractivity contribution in [2.45, 2.75) is 6.92 Å². The second-order valence-corrected chi connectivity index (χ2v) is 3.82. The molecule has 0 amide bonds. The van der Waals surface area contributed by atoms with Gasteiger partial charge in [0.2, 0.25) is 6.08 Å². The van der Waals surface area contributed by atoms with Crippen molar-refractivity contribution >= 4 is 11.8 Å². The number of benzene rings is 1. The SMILES string of the molecule is COc1cccc(-c2ncc(C)cc2N=C=O)c1. The molecule has 0 radical (unpaired) electrons. The highest BCUT2D eigenvalue weighted by Crippen LogP contribution is 2.30. The van der Waals surface area contributed by atoms with Gasteiger partial charge in [0.25, 0.3) is 0 Å². The fraction of sp³-hybridized carbons (Fsp3) is 0.143. The van der Waals surface area contributed by atoms with Gasteiger partial charge in [-0.1, -0.05) is 12.1 Å². The first-order valence-electron chi connectivity index (χ1n) is 5.43. The second-order valence-electron chi connectivity index (χ2n) is 3.82. The normalized spacial score (nSPS) is 9.67. The zero-order valence-electron chi connectivity index (χ0n) is 10.2. The van der Waals surface area contributed by atoms with E-state index in [9.17, 15) is 4.79 Å². The van der Waals surface area contributed by atoms with E-state index in [1.165, 1.54) is 0 Å². The first-order valence-corrected chi connectivity index (χ1v) is 5.43. The van der Waals surface area contributed by atoms with Gasteiger partial charge in [-0.3, -0.25) is 4.98 Å². The van der Waals surface area contributed by atoms with Crippen LogP contribution in [-0.4, -0.2) is 18.2 Å². The Morgan fingerprint density at radius 3 is 2.89 bits per heavy atom. The lowest BCUT2D eigenvalue weighted by atomic mass is 10.1. The van der Waals surface area contributed by atoms with Crippen LogP contribution in [0.2, 0.25) is 0 Å². The number of ether oxygens (including phenoxy) is 1. The molecule has 2 aromatic rings. The fourth-order valence-electron chi connectivity index (χ4n) is 1.68. The lowest BCUT2D eigenvalue weighted by Crippen LogP contribution is -1.88. The van der Waals surface area contributed by atoms with Crippen LogP contribution >= 0.6 is 0 Å². The summed E-state index contributed by atoms with van der Waals surface area (Å²) in [4.78, 5) is 18.5. The van der Waals surface area contributed by atoms with Crippen LogP contribution in [0.4, 0.5) is 5.69 Å². The van der Waals surface area contributed by atoms with Gasteiger partial charge in [0, 0.05) is 11.8 Å². The Balaban J connectivity index is 2.58. The molecule has 0 aliphatic rings. The number of carbonyl (C=O) groups excluding carboxylic acids is 1. The summed E-state index contributed by atoms with van der Waals surface area (Å²) in [6, 6.07) is 9.25. The van der Waals surface area contributed by atoms with Crippen molar-refractivity contribution in [1.29, 1.82) is 0 Å². The molecular formula is C14H12N2O2. The van der Waals surface area contributed by atoms with Gasteiger partial charge in [-0.2, -0.15) is 4.99 Å². The predicted octanol–water partition coefficient (Wildman–Crippen LogP) is 3.03. The van der Waals surface area contributed by atoms with Crippen LogP contribution in [0.5, 0.6) is 5.75 Å². The molecule has 4 nitrogen and oxygen atoms in total. The number of pyridine rings is 1. The van der Waals surface area contributed by atoms with Crippen molar-refractivity contribution in [1.82, 2.24) is 4.98 Å². The summed E-state index contributed by atoms with van der Waals surface area (Å²) in [6.07, 6.45) is 3.29. The topological polar surface area (TPSA) is 51.6 Å². The zero-order chi connectivity index (χ0) is 13.0. The Morgan fingerprint density at radius 1 is 1.33 bits per heavy atom. The molecule has 0 saturated carbocycles. The zero-order valence-corrected chi connectivity index (χ0v) is 10.2. The molecule has 0 fully saturated rings. The summed E-state index contributed by atoms with van der Waals surface area (Å²) in [7, 11) is 1.60. The molecular weight excluding hydrogens is 228 g/mol. The molecule has 0 aliphatic carbocycles.